The molecule has 98 valence electrons. The molecule has 2 aromatic carbocycles. The Bertz CT molecular complexity index is 630. The summed E-state index contributed by atoms with van der Waals surface area (Å²) in [5, 5.41) is 3.40. The van der Waals surface area contributed by atoms with Gasteiger partial charge in [-0.15, -0.1) is 0 Å². The quantitative estimate of drug-likeness (QED) is 0.778. The molecule has 0 heterocycles. The number of halogens is 3. The highest BCUT2D eigenvalue weighted by Gasteiger charge is 2.24. The van der Waals surface area contributed by atoms with E-state index in [1.54, 1.807) is 18.2 Å². The van der Waals surface area contributed by atoms with E-state index in [0.717, 1.165) is 17.3 Å². The molecule has 19 heavy (non-hydrogen) atoms. The van der Waals surface area contributed by atoms with Crippen LogP contribution in [-0.2, 0) is 6.42 Å². The standard InChI is InChI=1S/C15H12BrClFN/c16-11-4-1-3-10-9(11)7-8-13(10)19-14-6-2-5-12(17)15(14)18/h1-6,13,19H,7-8H2. The van der Waals surface area contributed by atoms with Crippen LogP contribution in [0.2, 0.25) is 5.02 Å². The summed E-state index contributed by atoms with van der Waals surface area (Å²) in [6, 6.07) is 11.3. The lowest BCUT2D eigenvalue weighted by atomic mass is 10.1. The lowest BCUT2D eigenvalue weighted by Crippen LogP contribution is -2.08. The third kappa shape index (κ3) is 2.37. The Morgan fingerprint density at radius 2 is 2.00 bits per heavy atom. The van der Waals surface area contributed by atoms with E-state index in [2.05, 4.69) is 27.3 Å². The van der Waals surface area contributed by atoms with Crippen LogP contribution in [0.5, 0.6) is 0 Å². The zero-order chi connectivity index (χ0) is 13.4. The first-order valence-corrected chi connectivity index (χ1v) is 7.32. The molecule has 0 saturated heterocycles. The molecule has 1 unspecified atom stereocenters. The van der Waals surface area contributed by atoms with Gasteiger partial charge in [-0.1, -0.05) is 45.7 Å². The summed E-state index contributed by atoms with van der Waals surface area (Å²) in [7, 11) is 0. The highest BCUT2D eigenvalue weighted by Crippen LogP contribution is 2.38. The molecule has 3 rings (SSSR count). The first-order chi connectivity index (χ1) is 9.16. The van der Waals surface area contributed by atoms with Crippen molar-refractivity contribution in [2.45, 2.75) is 18.9 Å². The fourth-order valence-corrected chi connectivity index (χ4v) is 3.32. The molecule has 1 aliphatic rings. The van der Waals surface area contributed by atoms with Gasteiger partial charge in [-0.2, -0.15) is 0 Å². The van der Waals surface area contributed by atoms with E-state index in [1.165, 1.54) is 11.1 Å². The Labute approximate surface area is 124 Å². The van der Waals surface area contributed by atoms with Crippen LogP contribution in [0.15, 0.2) is 40.9 Å². The topological polar surface area (TPSA) is 12.0 Å². The highest BCUT2D eigenvalue weighted by molar-refractivity contribution is 9.10. The van der Waals surface area contributed by atoms with Gasteiger partial charge >= 0.3 is 0 Å². The van der Waals surface area contributed by atoms with Crippen molar-refractivity contribution in [2.24, 2.45) is 0 Å². The average molecular weight is 341 g/mol. The summed E-state index contributed by atoms with van der Waals surface area (Å²) in [5.41, 5.74) is 3.00. The molecular formula is C15H12BrClFN. The van der Waals surface area contributed by atoms with E-state index in [4.69, 9.17) is 11.6 Å². The Kier molecular flexibility index (Phi) is 3.50. The molecule has 0 bridgehead atoms. The Morgan fingerprint density at radius 1 is 1.21 bits per heavy atom. The minimum absolute atomic E-state index is 0.139. The number of hydrogen-bond acceptors (Lipinski definition) is 1. The van der Waals surface area contributed by atoms with Gasteiger partial charge in [0.25, 0.3) is 0 Å². The molecule has 1 N–H and O–H groups in total. The van der Waals surface area contributed by atoms with Crippen molar-refractivity contribution >= 4 is 33.2 Å². The van der Waals surface area contributed by atoms with E-state index < -0.39 is 0 Å². The fraction of sp³-hybridized carbons (Fsp3) is 0.200. The zero-order valence-corrected chi connectivity index (χ0v) is 12.4. The maximum atomic E-state index is 13.9. The number of fused-ring (bicyclic) bond motifs is 1. The van der Waals surface area contributed by atoms with Gasteiger partial charge in [-0.3, -0.25) is 0 Å². The Balaban J connectivity index is 1.91. The number of rotatable bonds is 2. The van der Waals surface area contributed by atoms with E-state index in [1.807, 2.05) is 12.1 Å². The van der Waals surface area contributed by atoms with Crippen LogP contribution in [-0.4, -0.2) is 0 Å². The number of anilines is 1. The number of nitrogens with one attached hydrogen (secondary N) is 1. The molecule has 1 atom stereocenters. The maximum Gasteiger partial charge on any atom is 0.164 e. The van der Waals surface area contributed by atoms with Crippen LogP contribution in [0.1, 0.15) is 23.6 Å². The number of benzene rings is 2. The molecule has 4 heteroatoms. The van der Waals surface area contributed by atoms with Gasteiger partial charge in [0.1, 0.15) is 0 Å². The third-order valence-corrected chi connectivity index (χ3v) is 4.53. The minimum Gasteiger partial charge on any atom is -0.376 e. The van der Waals surface area contributed by atoms with Crippen molar-refractivity contribution in [3.63, 3.8) is 0 Å². The van der Waals surface area contributed by atoms with Crippen molar-refractivity contribution in [3.8, 4) is 0 Å². The summed E-state index contributed by atoms with van der Waals surface area (Å²) < 4.78 is 15.0. The zero-order valence-electron chi connectivity index (χ0n) is 10.1. The van der Waals surface area contributed by atoms with E-state index in [9.17, 15) is 4.39 Å². The molecule has 1 aliphatic carbocycles. The highest BCUT2D eigenvalue weighted by atomic mass is 79.9. The second kappa shape index (κ2) is 5.14. The molecule has 0 amide bonds. The van der Waals surface area contributed by atoms with Crippen LogP contribution in [0.3, 0.4) is 0 Å². The first kappa shape index (κ1) is 12.9. The van der Waals surface area contributed by atoms with E-state index >= 15 is 0 Å². The molecule has 0 radical (unpaired) electrons. The molecule has 0 spiro atoms. The lowest BCUT2D eigenvalue weighted by molar-refractivity contribution is 0.625. The summed E-state index contributed by atoms with van der Waals surface area (Å²) in [6.07, 6.45) is 1.96. The minimum atomic E-state index is -0.382. The predicted octanol–water partition coefficient (Wildman–Crippen LogP) is 5.34. The van der Waals surface area contributed by atoms with Crippen LogP contribution in [0.25, 0.3) is 0 Å². The van der Waals surface area contributed by atoms with Crippen molar-refractivity contribution in [1.29, 1.82) is 0 Å². The average Bonchev–Trinajstić information content (AvgIpc) is 2.80. The van der Waals surface area contributed by atoms with Crippen molar-refractivity contribution in [1.82, 2.24) is 0 Å². The lowest BCUT2D eigenvalue weighted by Gasteiger charge is -2.16. The van der Waals surface area contributed by atoms with Crippen molar-refractivity contribution in [3.05, 3.63) is 62.8 Å². The number of hydrogen-bond donors (Lipinski definition) is 1. The first-order valence-electron chi connectivity index (χ1n) is 6.14. The van der Waals surface area contributed by atoms with Gasteiger partial charge < -0.3 is 5.32 Å². The second-order valence-corrected chi connectivity index (χ2v) is 5.91. The van der Waals surface area contributed by atoms with E-state index in [0.29, 0.717) is 5.69 Å². The van der Waals surface area contributed by atoms with Gasteiger partial charge in [0.2, 0.25) is 0 Å². The molecule has 0 aromatic heterocycles. The SMILES string of the molecule is Fc1c(Cl)cccc1NC1CCc2c(Br)cccc21. The summed E-state index contributed by atoms with van der Waals surface area (Å²) in [5.74, 6) is -0.382. The largest absolute Gasteiger partial charge is 0.376 e. The van der Waals surface area contributed by atoms with E-state index in [-0.39, 0.29) is 16.9 Å². The fourth-order valence-electron chi connectivity index (χ4n) is 2.56. The Hall–Kier alpha value is -1.06. The van der Waals surface area contributed by atoms with Gasteiger partial charge in [-0.25, -0.2) is 4.39 Å². The molecule has 2 aromatic rings. The van der Waals surface area contributed by atoms with Crippen molar-refractivity contribution < 1.29 is 4.39 Å². The van der Waals surface area contributed by atoms with Gasteiger partial charge in [0.15, 0.2) is 5.82 Å². The van der Waals surface area contributed by atoms with Crippen LogP contribution >= 0.6 is 27.5 Å². The molecule has 0 aliphatic heterocycles. The van der Waals surface area contributed by atoms with Crippen LogP contribution in [0, 0.1) is 5.82 Å². The van der Waals surface area contributed by atoms with Gasteiger partial charge in [0.05, 0.1) is 16.8 Å². The van der Waals surface area contributed by atoms with Crippen molar-refractivity contribution in [2.75, 3.05) is 5.32 Å². The molecule has 1 nitrogen and oxygen atoms in total. The predicted molar refractivity (Wildman–Crippen MR) is 80.2 cm³/mol. The van der Waals surface area contributed by atoms with Gasteiger partial charge in [-0.05, 0) is 42.2 Å². The summed E-state index contributed by atoms with van der Waals surface area (Å²) in [6.45, 7) is 0. The second-order valence-electron chi connectivity index (χ2n) is 4.64. The Morgan fingerprint density at radius 3 is 2.84 bits per heavy atom. The third-order valence-electron chi connectivity index (χ3n) is 3.49. The molecule has 0 saturated carbocycles. The molecular weight excluding hydrogens is 329 g/mol. The maximum absolute atomic E-state index is 13.9. The summed E-state index contributed by atoms with van der Waals surface area (Å²) in [4.78, 5) is 0. The molecule has 0 fully saturated rings. The summed E-state index contributed by atoms with van der Waals surface area (Å²) >= 11 is 9.37. The van der Waals surface area contributed by atoms with Crippen LogP contribution in [0.4, 0.5) is 10.1 Å². The van der Waals surface area contributed by atoms with Crippen LogP contribution < -0.4 is 5.32 Å². The smallest absolute Gasteiger partial charge is 0.164 e. The monoisotopic (exact) mass is 339 g/mol. The van der Waals surface area contributed by atoms with Gasteiger partial charge in [0, 0.05) is 4.47 Å². The normalized spacial score (nSPS) is 17.3.